The van der Waals surface area contributed by atoms with E-state index in [1.54, 1.807) is 43.7 Å². The van der Waals surface area contributed by atoms with Gasteiger partial charge in [0.25, 0.3) is 5.91 Å². The molecule has 3 aliphatic rings. The summed E-state index contributed by atoms with van der Waals surface area (Å²) in [7, 11) is 0. The number of carbonyl (C=O) groups is 5. The van der Waals surface area contributed by atoms with Gasteiger partial charge in [-0.3, -0.25) is 14.5 Å². The van der Waals surface area contributed by atoms with Crippen LogP contribution in [0.1, 0.15) is 54.8 Å². The Morgan fingerprint density at radius 2 is 1.69 bits per heavy atom. The van der Waals surface area contributed by atoms with Crippen molar-refractivity contribution in [2.24, 2.45) is 0 Å². The number of hydrogen-bond acceptors (Lipinski definition) is 10. The molecule has 0 spiro atoms. The summed E-state index contributed by atoms with van der Waals surface area (Å²) in [4.78, 5) is 70.1. The molecule has 1 N–H and O–H groups in total. The van der Waals surface area contributed by atoms with Gasteiger partial charge in [0.2, 0.25) is 5.91 Å². The number of anilines is 1. The number of nitrogens with one attached hydrogen (secondary N) is 1. The Morgan fingerprint density at radius 3 is 2.31 bits per heavy atom. The van der Waals surface area contributed by atoms with Gasteiger partial charge < -0.3 is 24.4 Å². The molecule has 11 nitrogen and oxygen atoms in total. The van der Waals surface area contributed by atoms with E-state index in [1.165, 1.54) is 39.0 Å². The van der Waals surface area contributed by atoms with Crippen molar-refractivity contribution in [1.82, 2.24) is 10.2 Å². The fraction of sp³-hybridized carbons (Fsp3) is 0.289. The Bertz CT molecular complexity index is 1860. The predicted molar refractivity (Wildman–Crippen MR) is 194 cm³/mol. The van der Waals surface area contributed by atoms with E-state index in [0.717, 1.165) is 11.1 Å². The van der Waals surface area contributed by atoms with E-state index in [-0.39, 0.29) is 18.1 Å². The van der Waals surface area contributed by atoms with Crippen LogP contribution in [0, 0.1) is 0 Å². The molecule has 0 unspecified atom stereocenters. The fourth-order valence-corrected chi connectivity index (χ4v) is 8.10. The summed E-state index contributed by atoms with van der Waals surface area (Å²) < 4.78 is 16.8. The van der Waals surface area contributed by atoms with Crippen molar-refractivity contribution in [3.8, 4) is 0 Å². The van der Waals surface area contributed by atoms with E-state index in [0.29, 0.717) is 29.1 Å². The molecule has 13 heteroatoms. The molecule has 3 aromatic rings. The second-order valence-corrected chi connectivity index (χ2v) is 14.8. The quantitative estimate of drug-likeness (QED) is 0.0860. The molecule has 3 amide bonds. The number of amides is 3. The second-order valence-electron chi connectivity index (χ2n) is 13.0. The summed E-state index contributed by atoms with van der Waals surface area (Å²) >= 11 is 2.50. The first kappa shape index (κ1) is 35.7. The van der Waals surface area contributed by atoms with E-state index in [4.69, 9.17) is 14.2 Å². The molecule has 1 aromatic heterocycles. The van der Waals surface area contributed by atoms with Crippen LogP contribution < -0.4 is 10.2 Å². The van der Waals surface area contributed by atoms with Gasteiger partial charge in [-0.2, -0.15) is 0 Å². The molecule has 2 aromatic carbocycles. The highest BCUT2D eigenvalue weighted by Gasteiger charge is 2.56. The number of fused-ring (bicyclic) bond motifs is 1. The SMILES string of the molecule is C=CCOC(=O)c1ccsc1N1CC/C(=C\C2=CS[C@@H]3[C@H](NC(=O)OC(C)(C)C)C(=O)N3[C@H]2C(=O)OC(c2ccccc2)c2ccccc2)C1=O. The van der Waals surface area contributed by atoms with Gasteiger partial charge in [0.1, 0.15) is 28.6 Å². The van der Waals surface area contributed by atoms with Crippen molar-refractivity contribution in [2.45, 2.75) is 56.4 Å². The summed E-state index contributed by atoms with van der Waals surface area (Å²) in [6.07, 6.45) is 1.90. The molecule has 3 aliphatic heterocycles. The summed E-state index contributed by atoms with van der Waals surface area (Å²) in [6, 6.07) is 18.0. The molecular formula is C38H37N3O8S2. The van der Waals surface area contributed by atoms with Crippen molar-refractivity contribution >= 4 is 57.9 Å². The number of rotatable bonds is 10. The molecule has 0 bridgehead atoms. The lowest BCUT2D eigenvalue weighted by Gasteiger charge is -2.51. The molecule has 4 heterocycles. The average Bonchev–Trinajstić information content (AvgIpc) is 3.74. The average molecular weight is 728 g/mol. The molecule has 0 radical (unpaired) electrons. The van der Waals surface area contributed by atoms with Crippen molar-refractivity contribution in [3.63, 3.8) is 0 Å². The number of esters is 2. The lowest BCUT2D eigenvalue weighted by atomic mass is 9.95. The number of ether oxygens (including phenoxy) is 3. The van der Waals surface area contributed by atoms with Crippen LogP contribution in [0.3, 0.4) is 0 Å². The molecule has 0 saturated carbocycles. The normalized spacial score (nSPS) is 20.7. The summed E-state index contributed by atoms with van der Waals surface area (Å²) in [5, 5.41) is 5.93. The number of thiophene rings is 1. The van der Waals surface area contributed by atoms with E-state index >= 15 is 0 Å². The molecule has 6 rings (SSSR count). The highest BCUT2D eigenvalue weighted by Crippen LogP contribution is 2.43. The van der Waals surface area contributed by atoms with E-state index in [2.05, 4.69) is 11.9 Å². The maximum atomic E-state index is 14.4. The predicted octanol–water partition coefficient (Wildman–Crippen LogP) is 6.15. The molecule has 0 aliphatic carbocycles. The minimum absolute atomic E-state index is 0.0380. The Balaban J connectivity index is 1.31. The summed E-state index contributed by atoms with van der Waals surface area (Å²) in [5.41, 5.74) is 1.77. The van der Waals surface area contributed by atoms with Crippen LogP contribution in [0.5, 0.6) is 0 Å². The zero-order chi connectivity index (χ0) is 36.3. The standard InChI is InChI=1S/C38H37N3O8S2/c1-5-19-47-35(44)27-17-20-50-33(27)40-18-16-25(31(40)42)21-26-22-51-34-28(39-37(46)49-38(2,3)4)32(43)41(34)29(26)36(45)48-30(23-12-8-6-9-13-23)24-14-10-7-11-15-24/h5-15,17,20-22,28-30,34H,1,16,18-19H2,2-4H3,(H,39,46)/b25-21+/t28-,29-,34-/m1/s1. The van der Waals surface area contributed by atoms with Crippen LogP contribution in [0.25, 0.3) is 0 Å². The highest BCUT2D eigenvalue weighted by molar-refractivity contribution is 8.03. The van der Waals surface area contributed by atoms with Gasteiger partial charge in [0.05, 0.1) is 5.56 Å². The number of hydrogen-bond donors (Lipinski definition) is 1. The van der Waals surface area contributed by atoms with Crippen molar-refractivity contribution < 1.29 is 38.2 Å². The van der Waals surface area contributed by atoms with E-state index in [9.17, 15) is 24.0 Å². The molecule has 2 saturated heterocycles. The van der Waals surface area contributed by atoms with Crippen LogP contribution in [0.2, 0.25) is 0 Å². The van der Waals surface area contributed by atoms with Crippen LogP contribution in [0.4, 0.5) is 9.80 Å². The minimum Gasteiger partial charge on any atom is -0.458 e. The third-order valence-electron chi connectivity index (χ3n) is 8.26. The third-order valence-corrected chi connectivity index (χ3v) is 10.4. The van der Waals surface area contributed by atoms with Gasteiger partial charge >= 0.3 is 18.0 Å². The Hall–Kier alpha value is -5.14. The van der Waals surface area contributed by atoms with Gasteiger partial charge in [-0.25, -0.2) is 14.4 Å². The smallest absolute Gasteiger partial charge is 0.408 e. The largest absolute Gasteiger partial charge is 0.458 e. The number of alkyl carbamates (subject to hydrolysis) is 1. The molecule has 2 fully saturated rings. The Labute approximate surface area is 303 Å². The minimum atomic E-state index is -1.21. The first-order valence-electron chi connectivity index (χ1n) is 16.3. The van der Waals surface area contributed by atoms with Gasteiger partial charge in [-0.15, -0.1) is 23.1 Å². The Kier molecular flexibility index (Phi) is 10.5. The first-order valence-corrected chi connectivity index (χ1v) is 18.1. The van der Waals surface area contributed by atoms with Crippen LogP contribution in [-0.2, 0) is 28.6 Å². The lowest BCUT2D eigenvalue weighted by Crippen LogP contribution is -2.74. The van der Waals surface area contributed by atoms with Gasteiger partial charge in [0, 0.05) is 12.1 Å². The summed E-state index contributed by atoms with van der Waals surface area (Å²) in [6.45, 7) is 9.08. The molecule has 264 valence electrons. The maximum Gasteiger partial charge on any atom is 0.408 e. The number of benzene rings is 2. The van der Waals surface area contributed by atoms with Crippen LogP contribution in [0.15, 0.2) is 107 Å². The number of carbonyl (C=O) groups excluding carboxylic acids is 5. The van der Waals surface area contributed by atoms with Crippen LogP contribution in [-0.4, -0.2) is 71.0 Å². The lowest BCUT2D eigenvalue weighted by molar-refractivity contribution is -0.164. The molecular weight excluding hydrogens is 691 g/mol. The number of nitrogens with zero attached hydrogens (tertiary/aromatic N) is 2. The fourth-order valence-electron chi connectivity index (χ4n) is 5.99. The van der Waals surface area contributed by atoms with Crippen molar-refractivity contribution in [1.29, 1.82) is 0 Å². The van der Waals surface area contributed by atoms with Crippen molar-refractivity contribution in [3.05, 3.63) is 124 Å². The Morgan fingerprint density at radius 1 is 1.02 bits per heavy atom. The van der Waals surface area contributed by atoms with E-state index in [1.807, 2.05) is 60.7 Å². The number of β-lactam (4-membered cyclic amide) rings is 1. The van der Waals surface area contributed by atoms with Crippen molar-refractivity contribution in [2.75, 3.05) is 18.1 Å². The topological polar surface area (TPSA) is 132 Å². The second kappa shape index (κ2) is 15.0. The summed E-state index contributed by atoms with van der Waals surface area (Å²) in [5.74, 6) is -2.08. The van der Waals surface area contributed by atoms with Gasteiger partial charge in [0.15, 0.2) is 12.1 Å². The number of thioether (sulfide) groups is 1. The zero-order valence-electron chi connectivity index (χ0n) is 28.3. The van der Waals surface area contributed by atoms with Crippen LogP contribution >= 0.6 is 23.1 Å². The molecule has 3 atom stereocenters. The maximum absolute atomic E-state index is 14.4. The monoisotopic (exact) mass is 727 g/mol. The van der Waals surface area contributed by atoms with Gasteiger partial charge in [-0.05, 0) is 66.8 Å². The third kappa shape index (κ3) is 7.64. The van der Waals surface area contributed by atoms with E-state index < -0.39 is 53.1 Å². The first-order chi connectivity index (χ1) is 24.5. The molecule has 51 heavy (non-hydrogen) atoms. The highest BCUT2D eigenvalue weighted by atomic mass is 32.2. The van der Waals surface area contributed by atoms with Gasteiger partial charge in [-0.1, -0.05) is 73.3 Å². The zero-order valence-corrected chi connectivity index (χ0v) is 29.9.